The first-order chi connectivity index (χ1) is 9.56. The molecule has 3 N–H and O–H groups in total. The van der Waals surface area contributed by atoms with Gasteiger partial charge in [0.05, 0.1) is 18.8 Å². The number of benzene rings is 1. The molecule has 0 aliphatic carbocycles. The van der Waals surface area contributed by atoms with Crippen LogP contribution in [-0.4, -0.2) is 36.3 Å². The first-order valence-electron chi connectivity index (χ1n) is 6.72. The van der Waals surface area contributed by atoms with Gasteiger partial charge < -0.3 is 20.6 Å². The van der Waals surface area contributed by atoms with Crippen molar-refractivity contribution < 1.29 is 9.94 Å². The second kappa shape index (κ2) is 6.45. The van der Waals surface area contributed by atoms with E-state index in [1.807, 2.05) is 18.2 Å². The van der Waals surface area contributed by atoms with E-state index in [1.165, 1.54) is 0 Å². The van der Waals surface area contributed by atoms with Crippen molar-refractivity contribution in [2.75, 3.05) is 18.1 Å². The Kier molecular flexibility index (Phi) is 4.88. The molecule has 110 valence electrons. The molecule has 5 nitrogen and oxygen atoms in total. The molecule has 0 bridgehead atoms. The number of hydrogen-bond acceptors (Lipinski definition) is 4. The Morgan fingerprint density at radius 1 is 1.60 bits per heavy atom. The second-order valence-electron chi connectivity index (χ2n) is 5.01. The lowest BCUT2D eigenvalue weighted by atomic mass is 10.1. The van der Waals surface area contributed by atoms with Gasteiger partial charge in [0.25, 0.3) is 0 Å². The van der Waals surface area contributed by atoms with Gasteiger partial charge in [0, 0.05) is 22.3 Å². The van der Waals surface area contributed by atoms with Crippen molar-refractivity contribution in [1.29, 1.82) is 0 Å². The minimum atomic E-state index is 0.121. The molecule has 1 aromatic carbocycles. The van der Waals surface area contributed by atoms with Crippen molar-refractivity contribution in [3.8, 4) is 0 Å². The van der Waals surface area contributed by atoms with Crippen LogP contribution in [0.25, 0.3) is 0 Å². The Hall–Kier alpha value is -1.27. The second-order valence-corrected chi connectivity index (χ2v) is 5.92. The fraction of sp³-hybridized carbons (Fsp3) is 0.500. The lowest BCUT2D eigenvalue weighted by molar-refractivity contribution is 0.0299. The number of rotatable bonds is 3. The number of morpholine rings is 1. The first kappa shape index (κ1) is 15.1. The number of amidine groups is 1. The van der Waals surface area contributed by atoms with E-state index in [0.29, 0.717) is 12.6 Å². The fourth-order valence-corrected chi connectivity index (χ4v) is 2.86. The van der Waals surface area contributed by atoms with Gasteiger partial charge in [-0.3, -0.25) is 0 Å². The molecule has 0 radical (unpaired) electrons. The molecule has 1 aromatic rings. The summed E-state index contributed by atoms with van der Waals surface area (Å²) in [5, 5.41) is 12.1. The summed E-state index contributed by atoms with van der Waals surface area (Å²) in [5.41, 5.74) is 7.52. The molecule has 1 aliphatic rings. The Bertz CT molecular complexity index is 507. The average Bonchev–Trinajstić information content (AvgIpc) is 2.46. The van der Waals surface area contributed by atoms with E-state index >= 15 is 0 Å². The van der Waals surface area contributed by atoms with Crippen LogP contribution in [0.4, 0.5) is 5.69 Å². The molecule has 2 unspecified atom stereocenters. The first-order valence-corrected chi connectivity index (χ1v) is 7.51. The zero-order valence-corrected chi connectivity index (χ0v) is 13.3. The van der Waals surface area contributed by atoms with E-state index in [1.54, 1.807) is 0 Å². The Morgan fingerprint density at radius 2 is 2.35 bits per heavy atom. The van der Waals surface area contributed by atoms with Crippen molar-refractivity contribution in [1.82, 2.24) is 0 Å². The molecule has 1 saturated heterocycles. The van der Waals surface area contributed by atoms with E-state index in [0.717, 1.165) is 28.7 Å². The minimum Gasteiger partial charge on any atom is -0.409 e. The highest BCUT2D eigenvalue weighted by molar-refractivity contribution is 9.10. The summed E-state index contributed by atoms with van der Waals surface area (Å²) in [6, 6.07) is 6.14. The van der Waals surface area contributed by atoms with Crippen LogP contribution in [-0.2, 0) is 4.74 Å². The minimum absolute atomic E-state index is 0.121. The molecule has 6 heteroatoms. The van der Waals surface area contributed by atoms with Crippen LogP contribution in [0.3, 0.4) is 0 Å². The Balaban J connectivity index is 2.44. The highest BCUT2D eigenvalue weighted by Gasteiger charge is 2.28. The Labute approximate surface area is 127 Å². The van der Waals surface area contributed by atoms with E-state index in [9.17, 15) is 0 Å². The molecule has 1 fully saturated rings. The molecule has 0 saturated carbocycles. The molecule has 0 spiro atoms. The number of nitrogens with zero attached hydrogens (tertiary/aromatic N) is 2. The number of nitrogens with two attached hydrogens (primary N) is 1. The van der Waals surface area contributed by atoms with E-state index in [2.05, 4.69) is 39.8 Å². The molecule has 0 amide bonds. The summed E-state index contributed by atoms with van der Waals surface area (Å²) < 4.78 is 6.62. The third-order valence-electron chi connectivity index (χ3n) is 3.59. The summed E-state index contributed by atoms with van der Waals surface area (Å²) >= 11 is 3.43. The van der Waals surface area contributed by atoms with Crippen molar-refractivity contribution in [3.05, 3.63) is 28.2 Å². The molecule has 2 rings (SSSR count). The smallest absolute Gasteiger partial charge is 0.172 e. The van der Waals surface area contributed by atoms with Crippen LogP contribution in [0.1, 0.15) is 25.8 Å². The normalized spacial score (nSPS) is 23.9. The zero-order chi connectivity index (χ0) is 14.7. The molecule has 1 heterocycles. The van der Waals surface area contributed by atoms with Gasteiger partial charge in [0.1, 0.15) is 0 Å². The van der Waals surface area contributed by atoms with Gasteiger partial charge in [-0.25, -0.2) is 0 Å². The van der Waals surface area contributed by atoms with Crippen molar-refractivity contribution >= 4 is 27.5 Å². The highest BCUT2D eigenvalue weighted by Crippen LogP contribution is 2.29. The monoisotopic (exact) mass is 341 g/mol. The fourth-order valence-electron chi connectivity index (χ4n) is 2.50. The number of oxime groups is 1. The van der Waals surface area contributed by atoms with Gasteiger partial charge in [0.15, 0.2) is 5.84 Å². The predicted molar refractivity (Wildman–Crippen MR) is 83.5 cm³/mol. The van der Waals surface area contributed by atoms with E-state index in [4.69, 9.17) is 15.7 Å². The van der Waals surface area contributed by atoms with Crippen LogP contribution in [0.2, 0.25) is 0 Å². The predicted octanol–water partition coefficient (Wildman–Crippen LogP) is 2.55. The summed E-state index contributed by atoms with van der Waals surface area (Å²) in [6.45, 7) is 5.69. The van der Waals surface area contributed by atoms with Gasteiger partial charge in [-0.15, -0.1) is 0 Å². The SMILES string of the molecule is CCC1COC(C)CN1c1ccc(Br)cc1/C(N)=N/O. The molecule has 0 aromatic heterocycles. The third kappa shape index (κ3) is 3.07. The van der Waals surface area contributed by atoms with Gasteiger partial charge in [0.2, 0.25) is 0 Å². The summed E-state index contributed by atoms with van der Waals surface area (Å²) in [6.07, 6.45) is 1.15. The quantitative estimate of drug-likeness (QED) is 0.383. The van der Waals surface area contributed by atoms with Crippen LogP contribution < -0.4 is 10.6 Å². The summed E-state index contributed by atoms with van der Waals surface area (Å²) in [7, 11) is 0. The van der Waals surface area contributed by atoms with Crippen molar-refractivity contribution in [3.63, 3.8) is 0 Å². The summed E-state index contributed by atoms with van der Waals surface area (Å²) in [4.78, 5) is 2.29. The molecular formula is C14H20BrN3O2. The van der Waals surface area contributed by atoms with Gasteiger partial charge in [-0.1, -0.05) is 28.0 Å². The maximum atomic E-state index is 8.98. The van der Waals surface area contributed by atoms with Crippen LogP contribution in [0.15, 0.2) is 27.8 Å². The molecule has 1 aliphatic heterocycles. The Morgan fingerprint density at radius 3 is 3.00 bits per heavy atom. The number of ether oxygens (including phenoxy) is 1. The number of hydrogen-bond donors (Lipinski definition) is 2. The van der Waals surface area contributed by atoms with E-state index < -0.39 is 0 Å². The number of halogens is 1. The third-order valence-corrected chi connectivity index (χ3v) is 4.08. The standard InChI is InChI=1S/C14H20BrN3O2/c1-3-11-8-20-9(2)7-18(11)13-5-4-10(15)6-12(13)14(16)17-19/h4-6,9,11,19H,3,7-8H2,1-2H3,(H2,16,17). The van der Waals surface area contributed by atoms with Gasteiger partial charge in [-0.05, 0) is 31.5 Å². The lowest BCUT2D eigenvalue weighted by Crippen LogP contribution is -2.49. The van der Waals surface area contributed by atoms with Crippen LogP contribution in [0, 0.1) is 0 Å². The van der Waals surface area contributed by atoms with Crippen LogP contribution in [0.5, 0.6) is 0 Å². The maximum absolute atomic E-state index is 8.98. The van der Waals surface area contributed by atoms with Crippen LogP contribution >= 0.6 is 15.9 Å². The van der Waals surface area contributed by atoms with Gasteiger partial charge >= 0.3 is 0 Å². The molecular weight excluding hydrogens is 322 g/mol. The summed E-state index contributed by atoms with van der Waals surface area (Å²) in [5.74, 6) is 0.121. The number of anilines is 1. The molecule has 2 atom stereocenters. The topological polar surface area (TPSA) is 71.1 Å². The van der Waals surface area contributed by atoms with E-state index in [-0.39, 0.29) is 11.9 Å². The maximum Gasteiger partial charge on any atom is 0.172 e. The largest absolute Gasteiger partial charge is 0.409 e. The van der Waals surface area contributed by atoms with Gasteiger partial charge in [-0.2, -0.15) is 0 Å². The average molecular weight is 342 g/mol. The van der Waals surface area contributed by atoms with Crippen molar-refractivity contribution in [2.24, 2.45) is 10.9 Å². The zero-order valence-electron chi connectivity index (χ0n) is 11.7. The highest BCUT2D eigenvalue weighted by atomic mass is 79.9. The lowest BCUT2D eigenvalue weighted by Gasteiger charge is -2.40. The van der Waals surface area contributed by atoms with Crippen molar-refractivity contribution in [2.45, 2.75) is 32.4 Å². The molecule has 20 heavy (non-hydrogen) atoms.